The average Bonchev–Trinajstić information content (AvgIpc) is 2.43. The molecule has 0 fully saturated rings. The van der Waals surface area contributed by atoms with Crippen LogP contribution in [0.25, 0.3) is 0 Å². The van der Waals surface area contributed by atoms with Crippen molar-refractivity contribution >= 4 is 21.7 Å². The van der Waals surface area contributed by atoms with Gasteiger partial charge in [-0.1, -0.05) is 30.3 Å². The normalized spacial score (nSPS) is 12.2. The lowest BCUT2D eigenvalue weighted by molar-refractivity contribution is 0.186. The molecule has 0 aliphatic heterocycles. The molecule has 1 heterocycles. The summed E-state index contributed by atoms with van der Waals surface area (Å²) in [7, 11) is 1.71. The van der Waals surface area contributed by atoms with Crippen LogP contribution in [-0.2, 0) is 4.74 Å². The van der Waals surface area contributed by atoms with Crippen LogP contribution in [0.3, 0.4) is 0 Å². The third-order valence-corrected chi connectivity index (χ3v) is 3.72. The predicted octanol–water partition coefficient (Wildman–Crippen LogP) is 3.95. The van der Waals surface area contributed by atoms with Gasteiger partial charge in [-0.3, -0.25) is 0 Å². The molecule has 0 aliphatic carbocycles. The summed E-state index contributed by atoms with van der Waals surface area (Å²) in [5.41, 5.74) is 2.15. The topological polar surface area (TPSA) is 34.1 Å². The highest BCUT2D eigenvalue weighted by molar-refractivity contribution is 9.10. The summed E-state index contributed by atoms with van der Waals surface area (Å²) in [5.74, 6) is 0.853. The fraction of sp³-hybridized carbons (Fsp3) is 0.267. The number of benzene rings is 1. The molecule has 100 valence electrons. The minimum Gasteiger partial charge on any atom is -0.382 e. The van der Waals surface area contributed by atoms with Crippen LogP contribution in [0, 0.1) is 6.92 Å². The molecule has 0 aliphatic rings. The molecule has 2 aromatic rings. The summed E-state index contributed by atoms with van der Waals surface area (Å²) in [6, 6.07) is 14.3. The molecular formula is C15H17BrN2O. The Morgan fingerprint density at radius 2 is 1.95 bits per heavy atom. The van der Waals surface area contributed by atoms with E-state index in [-0.39, 0.29) is 6.04 Å². The van der Waals surface area contributed by atoms with Crippen molar-refractivity contribution in [2.45, 2.75) is 13.0 Å². The number of aryl methyl sites for hydroxylation is 1. The number of rotatable bonds is 5. The number of hydrogen-bond acceptors (Lipinski definition) is 3. The molecule has 0 radical (unpaired) electrons. The lowest BCUT2D eigenvalue weighted by atomic mass is 10.1. The smallest absolute Gasteiger partial charge is 0.126 e. The van der Waals surface area contributed by atoms with E-state index >= 15 is 0 Å². The van der Waals surface area contributed by atoms with Gasteiger partial charge in [-0.15, -0.1) is 0 Å². The Morgan fingerprint density at radius 3 is 2.58 bits per heavy atom. The second kappa shape index (κ2) is 6.68. The van der Waals surface area contributed by atoms with Crippen molar-refractivity contribution in [3.05, 3.63) is 58.2 Å². The third kappa shape index (κ3) is 3.78. The molecule has 3 nitrogen and oxygen atoms in total. The first kappa shape index (κ1) is 14.0. The van der Waals surface area contributed by atoms with Crippen molar-refractivity contribution in [1.29, 1.82) is 0 Å². The lowest BCUT2D eigenvalue weighted by Crippen LogP contribution is -2.17. The quantitative estimate of drug-likeness (QED) is 0.905. The van der Waals surface area contributed by atoms with Crippen LogP contribution < -0.4 is 5.32 Å². The molecular weight excluding hydrogens is 304 g/mol. The summed E-state index contributed by atoms with van der Waals surface area (Å²) in [4.78, 5) is 4.51. The van der Waals surface area contributed by atoms with Crippen molar-refractivity contribution in [3.8, 4) is 0 Å². The number of methoxy groups -OCH3 is 1. The Labute approximate surface area is 122 Å². The standard InChI is InChI=1S/C15H17BrN2O/c1-11-13(16)8-9-15(17-11)18-14(10-19-2)12-6-4-3-5-7-12/h3-9,14H,10H2,1-2H3,(H,17,18). The van der Waals surface area contributed by atoms with Gasteiger partial charge in [0.15, 0.2) is 0 Å². The van der Waals surface area contributed by atoms with E-state index in [0.29, 0.717) is 6.61 Å². The number of anilines is 1. The summed E-state index contributed by atoms with van der Waals surface area (Å²) in [6.45, 7) is 2.57. The molecule has 4 heteroatoms. The van der Waals surface area contributed by atoms with E-state index in [1.807, 2.05) is 37.3 Å². The van der Waals surface area contributed by atoms with Gasteiger partial charge in [-0.05, 0) is 40.5 Å². The molecule has 0 spiro atoms. The van der Waals surface area contributed by atoms with E-state index in [9.17, 15) is 0 Å². The van der Waals surface area contributed by atoms with Gasteiger partial charge < -0.3 is 10.1 Å². The van der Waals surface area contributed by atoms with Crippen LogP contribution >= 0.6 is 15.9 Å². The van der Waals surface area contributed by atoms with Gasteiger partial charge in [0.05, 0.1) is 18.3 Å². The molecule has 0 amide bonds. The van der Waals surface area contributed by atoms with Crippen LogP contribution in [0.5, 0.6) is 0 Å². The van der Waals surface area contributed by atoms with Crippen molar-refractivity contribution in [3.63, 3.8) is 0 Å². The zero-order valence-corrected chi connectivity index (χ0v) is 12.6. The monoisotopic (exact) mass is 320 g/mol. The molecule has 1 atom stereocenters. The SMILES string of the molecule is COCC(Nc1ccc(Br)c(C)n1)c1ccccc1. The van der Waals surface area contributed by atoms with Crippen LogP contribution in [0.1, 0.15) is 17.3 Å². The first-order chi connectivity index (χ1) is 9.20. The highest BCUT2D eigenvalue weighted by Crippen LogP contribution is 2.21. The van der Waals surface area contributed by atoms with Gasteiger partial charge in [0.1, 0.15) is 5.82 Å². The summed E-state index contributed by atoms with van der Waals surface area (Å²) in [6.07, 6.45) is 0. The highest BCUT2D eigenvalue weighted by atomic mass is 79.9. The van der Waals surface area contributed by atoms with E-state index in [1.165, 1.54) is 5.56 Å². The van der Waals surface area contributed by atoms with E-state index < -0.39 is 0 Å². The fourth-order valence-electron chi connectivity index (χ4n) is 1.88. The molecule has 1 N–H and O–H groups in total. The molecule has 19 heavy (non-hydrogen) atoms. The lowest BCUT2D eigenvalue weighted by Gasteiger charge is -2.19. The molecule has 1 aromatic heterocycles. The summed E-state index contributed by atoms with van der Waals surface area (Å²) >= 11 is 3.46. The van der Waals surface area contributed by atoms with Gasteiger partial charge in [-0.25, -0.2) is 4.98 Å². The number of ether oxygens (including phenoxy) is 1. The number of nitrogens with zero attached hydrogens (tertiary/aromatic N) is 1. The van der Waals surface area contributed by atoms with Crippen LogP contribution in [0.2, 0.25) is 0 Å². The largest absolute Gasteiger partial charge is 0.382 e. The minimum atomic E-state index is 0.0966. The Bertz CT molecular complexity index is 531. The molecule has 0 saturated heterocycles. The number of halogens is 1. The van der Waals surface area contributed by atoms with E-state index in [2.05, 4.69) is 38.4 Å². The maximum atomic E-state index is 5.29. The van der Waals surface area contributed by atoms with Crippen molar-refractivity contribution in [2.75, 3.05) is 19.0 Å². The predicted molar refractivity (Wildman–Crippen MR) is 81.4 cm³/mol. The number of aromatic nitrogens is 1. The molecule has 0 saturated carbocycles. The van der Waals surface area contributed by atoms with Gasteiger partial charge in [-0.2, -0.15) is 0 Å². The minimum absolute atomic E-state index is 0.0966. The van der Waals surface area contributed by atoms with Gasteiger partial charge >= 0.3 is 0 Å². The second-order valence-electron chi connectivity index (χ2n) is 4.33. The highest BCUT2D eigenvalue weighted by Gasteiger charge is 2.11. The van der Waals surface area contributed by atoms with Crippen LogP contribution in [-0.4, -0.2) is 18.7 Å². The van der Waals surface area contributed by atoms with E-state index in [0.717, 1.165) is 16.0 Å². The molecule has 1 aromatic carbocycles. The van der Waals surface area contributed by atoms with Crippen molar-refractivity contribution < 1.29 is 4.74 Å². The van der Waals surface area contributed by atoms with Gasteiger partial charge in [0.2, 0.25) is 0 Å². The van der Waals surface area contributed by atoms with Crippen LogP contribution in [0.4, 0.5) is 5.82 Å². The maximum absolute atomic E-state index is 5.29. The zero-order chi connectivity index (χ0) is 13.7. The van der Waals surface area contributed by atoms with Crippen LogP contribution in [0.15, 0.2) is 46.9 Å². The second-order valence-corrected chi connectivity index (χ2v) is 5.18. The number of hydrogen-bond donors (Lipinski definition) is 1. The van der Waals surface area contributed by atoms with Gasteiger partial charge in [0.25, 0.3) is 0 Å². The van der Waals surface area contributed by atoms with Crippen molar-refractivity contribution in [2.24, 2.45) is 0 Å². The average molecular weight is 321 g/mol. The Kier molecular flexibility index (Phi) is 4.93. The fourth-order valence-corrected chi connectivity index (χ4v) is 2.10. The molecule has 1 unspecified atom stereocenters. The summed E-state index contributed by atoms with van der Waals surface area (Å²) in [5, 5.41) is 3.41. The van der Waals surface area contributed by atoms with Crippen molar-refractivity contribution in [1.82, 2.24) is 4.98 Å². The zero-order valence-electron chi connectivity index (χ0n) is 11.1. The molecule has 0 bridgehead atoms. The summed E-state index contributed by atoms with van der Waals surface area (Å²) < 4.78 is 6.30. The maximum Gasteiger partial charge on any atom is 0.126 e. The number of pyridine rings is 1. The van der Waals surface area contributed by atoms with E-state index in [1.54, 1.807) is 7.11 Å². The number of nitrogens with one attached hydrogen (secondary N) is 1. The Hall–Kier alpha value is -1.39. The Balaban J connectivity index is 2.19. The Morgan fingerprint density at radius 1 is 1.21 bits per heavy atom. The van der Waals surface area contributed by atoms with Gasteiger partial charge in [0, 0.05) is 11.6 Å². The van der Waals surface area contributed by atoms with E-state index in [4.69, 9.17) is 4.74 Å². The first-order valence-electron chi connectivity index (χ1n) is 6.14. The first-order valence-corrected chi connectivity index (χ1v) is 6.93. The third-order valence-electron chi connectivity index (χ3n) is 2.88. The molecule has 2 rings (SSSR count).